The molecule has 0 saturated carbocycles. The largest absolute Gasteiger partial charge is 0.309 e. The quantitative estimate of drug-likeness (QED) is 0.134. The van der Waals surface area contributed by atoms with Crippen LogP contribution in [-0.2, 0) is 0 Å². The first-order valence-corrected chi connectivity index (χ1v) is 19.3. The maximum atomic E-state index is 9.76. The SMILES string of the molecule is Cc1c2c(-c3ccccc3)nc3cc(-c4ccc5c6cc(C#N)ccc6n(-c6ccccc6)c5c4)ccc3c2c(C)c2c(-c3ccccc3)nc3ccccc3c12. The Hall–Kier alpha value is -7.61. The van der Waals surface area contributed by atoms with Crippen molar-refractivity contribution >= 4 is 65.2 Å². The van der Waals surface area contributed by atoms with Crippen molar-refractivity contribution in [1.29, 1.82) is 5.26 Å². The second kappa shape index (κ2) is 12.7. The molecule has 0 aliphatic carbocycles. The first-order valence-electron chi connectivity index (χ1n) is 19.3. The number of nitriles is 1. The molecule has 0 bridgehead atoms. The molecule has 0 aliphatic heterocycles. The van der Waals surface area contributed by atoms with Gasteiger partial charge in [0.05, 0.1) is 45.1 Å². The summed E-state index contributed by atoms with van der Waals surface area (Å²) < 4.78 is 2.30. The molecule has 0 spiro atoms. The Morgan fingerprint density at radius 3 is 1.61 bits per heavy atom. The number of para-hydroxylation sites is 2. The summed E-state index contributed by atoms with van der Waals surface area (Å²) in [4.78, 5) is 10.9. The number of hydrogen-bond acceptors (Lipinski definition) is 3. The van der Waals surface area contributed by atoms with Crippen LogP contribution in [0.25, 0.3) is 104 Å². The van der Waals surface area contributed by atoms with Crippen LogP contribution in [0.4, 0.5) is 0 Å². The number of fused-ring (bicyclic) bond motifs is 9. The van der Waals surface area contributed by atoms with Gasteiger partial charge in [0.15, 0.2) is 0 Å². The van der Waals surface area contributed by atoms with E-state index in [1.807, 2.05) is 18.2 Å². The van der Waals surface area contributed by atoms with Gasteiger partial charge in [-0.3, -0.25) is 0 Å². The zero-order valence-electron chi connectivity index (χ0n) is 31.5. The van der Waals surface area contributed by atoms with Gasteiger partial charge in [-0.15, -0.1) is 0 Å². The first kappa shape index (κ1) is 32.8. The minimum absolute atomic E-state index is 0.652. The van der Waals surface area contributed by atoms with Crippen molar-refractivity contribution in [3.63, 3.8) is 0 Å². The van der Waals surface area contributed by atoms with E-state index >= 15 is 0 Å². The lowest BCUT2D eigenvalue weighted by Gasteiger charge is -2.21. The molecule has 0 aliphatic rings. The van der Waals surface area contributed by atoms with E-state index in [9.17, 15) is 5.26 Å². The second-order valence-corrected chi connectivity index (χ2v) is 14.9. The maximum Gasteiger partial charge on any atom is 0.0991 e. The summed E-state index contributed by atoms with van der Waals surface area (Å²) in [5, 5.41) is 19.0. The normalized spacial score (nSPS) is 11.7. The van der Waals surface area contributed by atoms with E-state index in [2.05, 4.69) is 176 Å². The lowest BCUT2D eigenvalue weighted by atomic mass is 9.85. The third-order valence-electron chi connectivity index (χ3n) is 11.7. The minimum atomic E-state index is 0.652. The van der Waals surface area contributed by atoms with Crippen molar-refractivity contribution < 1.29 is 0 Å². The van der Waals surface area contributed by atoms with Crippen molar-refractivity contribution in [3.05, 3.63) is 187 Å². The highest BCUT2D eigenvalue weighted by molar-refractivity contribution is 6.25. The standard InChI is InChI=1S/C53H34N4/c1-32-48-41-20-12-13-21-44(41)55-52(35-14-6-3-7-15-35)50(48)33(2)49-42-26-24-37(29-45(42)56-53(51(32)49)36-16-8-4-9-17-36)38-23-25-40-43-28-34(31-54)22-27-46(43)57(47(40)30-38)39-18-10-5-11-19-39/h3-30H,1-2H3. The van der Waals surface area contributed by atoms with Gasteiger partial charge in [0.25, 0.3) is 0 Å². The molecule has 8 aromatic carbocycles. The molecule has 0 N–H and O–H groups in total. The van der Waals surface area contributed by atoms with Crippen LogP contribution in [0, 0.1) is 25.2 Å². The van der Waals surface area contributed by atoms with Crippen LogP contribution in [-0.4, -0.2) is 14.5 Å². The van der Waals surface area contributed by atoms with Crippen LogP contribution in [0.2, 0.25) is 0 Å². The zero-order valence-corrected chi connectivity index (χ0v) is 31.5. The molecule has 4 nitrogen and oxygen atoms in total. The van der Waals surface area contributed by atoms with Gasteiger partial charge in [0, 0.05) is 49.1 Å². The number of pyridine rings is 2. The molecule has 11 aromatic rings. The maximum absolute atomic E-state index is 9.76. The third kappa shape index (κ3) is 4.99. The number of hydrogen-bond donors (Lipinski definition) is 0. The molecule has 0 radical (unpaired) electrons. The Kier molecular flexibility index (Phi) is 7.32. The summed E-state index contributed by atoms with van der Waals surface area (Å²) in [7, 11) is 0. The first-order chi connectivity index (χ1) is 28.1. The van der Waals surface area contributed by atoms with Gasteiger partial charge >= 0.3 is 0 Å². The van der Waals surface area contributed by atoms with Crippen molar-refractivity contribution in [2.24, 2.45) is 0 Å². The third-order valence-corrected chi connectivity index (χ3v) is 11.7. The predicted octanol–water partition coefficient (Wildman–Crippen LogP) is 13.7. The fourth-order valence-corrected chi connectivity index (χ4v) is 9.15. The van der Waals surface area contributed by atoms with Crippen molar-refractivity contribution in [2.45, 2.75) is 13.8 Å². The number of benzene rings is 8. The second-order valence-electron chi connectivity index (χ2n) is 14.9. The van der Waals surface area contributed by atoms with Gasteiger partial charge < -0.3 is 4.57 Å². The molecule has 266 valence electrons. The molecule has 11 rings (SSSR count). The number of nitrogens with zero attached hydrogens (tertiary/aromatic N) is 4. The summed E-state index contributed by atoms with van der Waals surface area (Å²) in [6.45, 7) is 4.53. The molecule has 3 aromatic heterocycles. The smallest absolute Gasteiger partial charge is 0.0991 e. The highest BCUT2D eigenvalue weighted by Crippen LogP contribution is 2.46. The summed E-state index contributed by atoms with van der Waals surface area (Å²) in [6, 6.07) is 61.9. The molecule has 4 heteroatoms. The molecule has 0 atom stereocenters. The van der Waals surface area contributed by atoms with Crippen molar-refractivity contribution in [3.8, 4) is 45.4 Å². The van der Waals surface area contributed by atoms with Crippen LogP contribution in [0.5, 0.6) is 0 Å². The number of aryl methyl sites for hydroxylation is 2. The van der Waals surface area contributed by atoms with Crippen LogP contribution >= 0.6 is 0 Å². The average molecular weight is 727 g/mol. The van der Waals surface area contributed by atoms with E-state index in [-0.39, 0.29) is 0 Å². The molecule has 0 unspecified atom stereocenters. The number of rotatable bonds is 4. The lowest BCUT2D eigenvalue weighted by molar-refractivity contribution is 1.18. The van der Waals surface area contributed by atoms with Crippen LogP contribution in [0.1, 0.15) is 16.7 Å². The Labute approximate surface area is 329 Å². The molecular formula is C53H34N4. The molecule has 0 fully saturated rings. The van der Waals surface area contributed by atoms with Gasteiger partial charge in [0.1, 0.15) is 0 Å². The van der Waals surface area contributed by atoms with E-state index in [0.717, 1.165) is 82.9 Å². The lowest BCUT2D eigenvalue weighted by Crippen LogP contribution is -1.99. The summed E-state index contributed by atoms with van der Waals surface area (Å²) in [6.07, 6.45) is 0. The average Bonchev–Trinajstić information content (AvgIpc) is 3.60. The van der Waals surface area contributed by atoms with E-state index in [1.165, 1.54) is 32.7 Å². The van der Waals surface area contributed by atoms with E-state index in [4.69, 9.17) is 9.97 Å². The Morgan fingerprint density at radius 2 is 0.965 bits per heavy atom. The van der Waals surface area contributed by atoms with Crippen molar-refractivity contribution in [2.75, 3.05) is 0 Å². The Morgan fingerprint density at radius 1 is 0.421 bits per heavy atom. The van der Waals surface area contributed by atoms with E-state index in [0.29, 0.717) is 5.56 Å². The van der Waals surface area contributed by atoms with E-state index < -0.39 is 0 Å². The number of aromatic nitrogens is 3. The molecule has 0 amide bonds. The topological polar surface area (TPSA) is 54.5 Å². The van der Waals surface area contributed by atoms with Gasteiger partial charge in [-0.2, -0.15) is 5.26 Å². The molecule has 57 heavy (non-hydrogen) atoms. The zero-order chi connectivity index (χ0) is 38.2. The minimum Gasteiger partial charge on any atom is -0.309 e. The highest BCUT2D eigenvalue weighted by Gasteiger charge is 2.23. The van der Waals surface area contributed by atoms with Crippen LogP contribution in [0.3, 0.4) is 0 Å². The van der Waals surface area contributed by atoms with Gasteiger partial charge in [0.2, 0.25) is 0 Å². The Bertz CT molecular complexity index is 3470. The van der Waals surface area contributed by atoms with E-state index in [1.54, 1.807) is 0 Å². The summed E-state index contributed by atoms with van der Waals surface area (Å²) in [5.41, 5.74) is 14.6. The molecule has 0 saturated heterocycles. The van der Waals surface area contributed by atoms with Crippen molar-refractivity contribution in [1.82, 2.24) is 14.5 Å². The summed E-state index contributed by atoms with van der Waals surface area (Å²) in [5.74, 6) is 0. The monoisotopic (exact) mass is 726 g/mol. The Balaban J connectivity index is 1.22. The molecular weight excluding hydrogens is 693 g/mol. The van der Waals surface area contributed by atoms with Gasteiger partial charge in [-0.1, -0.05) is 121 Å². The van der Waals surface area contributed by atoms with Crippen LogP contribution < -0.4 is 0 Å². The molecule has 3 heterocycles. The van der Waals surface area contributed by atoms with Crippen LogP contribution in [0.15, 0.2) is 170 Å². The van der Waals surface area contributed by atoms with Gasteiger partial charge in [-0.05, 0) is 95.4 Å². The highest BCUT2D eigenvalue weighted by atomic mass is 15.0. The predicted molar refractivity (Wildman–Crippen MR) is 237 cm³/mol. The summed E-state index contributed by atoms with van der Waals surface area (Å²) >= 11 is 0. The van der Waals surface area contributed by atoms with Gasteiger partial charge in [-0.25, -0.2) is 9.97 Å². The fourth-order valence-electron chi connectivity index (χ4n) is 9.15. The fraction of sp³-hybridized carbons (Fsp3) is 0.0377.